The first-order valence-corrected chi connectivity index (χ1v) is 13.2. The van der Waals surface area contributed by atoms with Gasteiger partial charge in [0, 0.05) is 36.7 Å². The van der Waals surface area contributed by atoms with Crippen molar-refractivity contribution < 1.29 is 14.1 Å². The Hall–Kier alpha value is -4.72. The van der Waals surface area contributed by atoms with E-state index in [-0.39, 0.29) is 18.2 Å². The minimum atomic E-state index is -0.0841. The molecule has 0 radical (unpaired) electrons. The SMILES string of the molecule is Cc1noc(-c2ccccc2)c1C(=O)N1CCC(c2ccc(NC(=O)Cc3cnc4ccccn34)cc2)CC1. The fourth-order valence-electron chi connectivity index (χ4n) is 5.31. The molecule has 39 heavy (non-hydrogen) atoms. The van der Waals surface area contributed by atoms with E-state index in [9.17, 15) is 9.59 Å². The van der Waals surface area contributed by atoms with Crippen molar-refractivity contribution in [2.75, 3.05) is 18.4 Å². The highest BCUT2D eigenvalue weighted by atomic mass is 16.5. The summed E-state index contributed by atoms with van der Waals surface area (Å²) in [4.78, 5) is 32.3. The van der Waals surface area contributed by atoms with Crippen molar-refractivity contribution >= 4 is 23.1 Å². The zero-order valence-electron chi connectivity index (χ0n) is 21.7. The van der Waals surface area contributed by atoms with Gasteiger partial charge in [-0.25, -0.2) is 4.98 Å². The molecule has 8 heteroatoms. The van der Waals surface area contributed by atoms with E-state index < -0.39 is 0 Å². The molecule has 0 spiro atoms. The van der Waals surface area contributed by atoms with Crippen molar-refractivity contribution in [2.45, 2.75) is 32.1 Å². The largest absolute Gasteiger partial charge is 0.355 e. The van der Waals surface area contributed by atoms with Crippen LogP contribution in [0.2, 0.25) is 0 Å². The van der Waals surface area contributed by atoms with E-state index in [1.807, 2.05) is 83.1 Å². The number of imidazole rings is 1. The molecule has 4 heterocycles. The number of rotatable bonds is 6. The third kappa shape index (κ3) is 5.05. The normalized spacial score (nSPS) is 14.0. The Balaban J connectivity index is 1.06. The van der Waals surface area contributed by atoms with E-state index in [0.29, 0.717) is 36.0 Å². The third-order valence-electron chi connectivity index (χ3n) is 7.40. The van der Waals surface area contributed by atoms with Crippen LogP contribution in [-0.2, 0) is 11.2 Å². The highest BCUT2D eigenvalue weighted by Gasteiger charge is 2.29. The van der Waals surface area contributed by atoms with Gasteiger partial charge in [0.25, 0.3) is 5.91 Å². The van der Waals surface area contributed by atoms with Crippen LogP contribution in [0.1, 0.15) is 46.1 Å². The topological polar surface area (TPSA) is 92.7 Å². The number of piperidine rings is 1. The molecule has 0 bridgehead atoms. The van der Waals surface area contributed by atoms with E-state index in [1.54, 1.807) is 6.20 Å². The van der Waals surface area contributed by atoms with Crippen molar-refractivity contribution in [3.63, 3.8) is 0 Å². The van der Waals surface area contributed by atoms with E-state index in [4.69, 9.17) is 4.52 Å². The molecule has 0 aliphatic carbocycles. The Morgan fingerprint density at radius 3 is 2.49 bits per heavy atom. The first-order valence-electron chi connectivity index (χ1n) is 13.2. The van der Waals surface area contributed by atoms with Crippen LogP contribution < -0.4 is 5.32 Å². The van der Waals surface area contributed by atoms with Gasteiger partial charge in [0.1, 0.15) is 11.2 Å². The van der Waals surface area contributed by atoms with Gasteiger partial charge < -0.3 is 19.1 Å². The molecule has 1 N–H and O–H groups in total. The van der Waals surface area contributed by atoms with Crippen molar-refractivity contribution in [3.8, 4) is 11.3 Å². The number of pyridine rings is 1. The van der Waals surface area contributed by atoms with Crippen LogP contribution in [0.15, 0.2) is 89.7 Å². The van der Waals surface area contributed by atoms with Gasteiger partial charge in [0.05, 0.1) is 17.8 Å². The number of fused-ring (bicyclic) bond motifs is 1. The molecule has 2 amide bonds. The van der Waals surface area contributed by atoms with Crippen molar-refractivity contribution in [1.82, 2.24) is 19.4 Å². The zero-order chi connectivity index (χ0) is 26.8. The number of nitrogens with one attached hydrogen (secondary N) is 1. The standard InChI is InChI=1S/C31H29N5O3/c1-21-29(30(39-34-21)24-7-3-2-4-8-24)31(38)35-17-14-23(15-18-35)22-10-12-25(13-11-22)33-28(37)19-26-20-32-27-9-5-6-16-36(26)27/h2-13,16,20,23H,14-15,17-19H2,1H3,(H,33,37). The summed E-state index contributed by atoms with van der Waals surface area (Å²) in [6.07, 6.45) is 5.64. The van der Waals surface area contributed by atoms with E-state index in [0.717, 1.165) is 35.4 Å². The van der Waals surface area contributed by atoms with Gasteiger partial charge in [-0.3, -0.25) is 9.59 Å². The molecule has 0 unspecified atom stereocenters. The van der Waals surface area contributed by atoms with Gasteiger partial charge in [-0.2, -0.15) is 0 Å². The number of likely N-dealkylation sites (tertiary alicyclic amines) is 1. The van der Waals surface area contributed by atoms with Crippen LogP contribution in [0.3, 0.4) is 0 Å². The van der Waals surface area contributed by atoms with E-state index in [1.165, 1.54) is 5.56 Å². The van der Waals surface area contributed by atoms with Crippen molar-refractivity contribution in [1.29, 1.82) is 0 Å². The molecule has 1 aliphatic heterocycles. The lowest BCUT2D eigenvalue weighted by Crippen LogP contribution is -2.38. The third-order valence-corrected chi connectivity index (χ3v) is 7.40. The molecular formula is C31H29N5O3. The maximum atomic E-state index is 13.4. The van der Waals surface area contributed by atoms with E-state index in [2.05, 4.69) is 27.6 Å². The fourth-order valence-corrected chi connectivity index (χ4v) is 5.31. The maximum absolute atomic E-state index is 13.4. The van der Waals surface area contributed by atoms with Crippen LogP contribution in [0.5, 0.6) is 0 Å². The summed E-state index contributed by atoms with van der Waals surface area (Å²) in [5, 5.41) is 7.07. The summed E-state index contributed by atoms with van der Waals surface area (Å²) < 4.78 is 7.46. The molecule has 1 fully saturated rings. The Morgan fingerprint density at radius 1 is 0.974 bits per heavy atom. The molecule has 3 aromatic heterocycles. The smallest absolute Gasteiger partial charge is 0.259 e. The van der Waals surface area contributed by atoms with Gasteiger partial charge in [-0.15, -0.1) is 0 Å². The lowest BCUT2D eigenvalue weighted by Gasteiger charge is -2.32. The van der Waals surface area contributed by atoms with Crippen LogP contribution in [0, 0.1) is 6.92 Å². The second kappa shape index (κ2) is 10.6. The number of nitrogens with zero attached hydrogens (tertiary/aromatic N) is 4. The number of amides is 2. The van der Waals surface area contributed by atoms with Gasteiger partial charge in [0.2, 0.25) is 5.91 Å². The molecule has 2 aromatic carbocycles. The number of hydrogen-bond acceptors (Lipinski definition) is 5. The van der Waals surface area contributed by atoms with Crippen LogP contribution in [0.4, 0.5) is 5.69 Å². The lowest BCUT2D eigenvalue weighted by atomic mass is 9.89. The average molecular weight is 520 g/mol. The molecule has 1 saturated heterocycles. The number of hydrogen-bond donors (Lipinski definition) is 1. The molecule has 1 aliphatic rings. The number of carbonyl (C=O) groups excluding carboxylic acids is 2. The van der Waals surface area contributed by atoms with E-state index >= 15 is 0 Å². The first-order chi connectivity index (χ1) is 19.1. The molecular weight excluding hydrogens is 490 g/mol. The number of aromatic nitrogens is 3. The summed E-state index contributed by atoms with van der Waals surface area (Å²) in [6, 6.07) is 23.4. The number of carbonyl (C=O) groups is 2. The summed E-state index contributed by atoms with van der Waals surface area (Å²) in [6.45, 7) is 3.15. The highest BCUT2D eigenvalue weighted by Crippen LogP contribution is 2.32. The summed E-state index contributed by atoms with van der Waals surface area (Å²) in [5.74, 6) is 0.766. The molecule has 8 nitrogen and oxygen atoms in total. The zero-order valence-corrected chi connectivity index (χ0v) is 21.7. The predicted octanol–water partition coefficient (Wildman–Crippen LogP) is 5.50. The molecule has 6 rings (SSSR count). The molecule has 0 atom stereocenters. The fraction of sp³-hybridized carbons (Fsp3) is 0.226. The number of anilines is 1. The second-order valence-corrected chi connectivity index (χ2v) is 9.93. The number of aryl methyl sites for hydroxylation is 1. The van der Waals surface area contributed by atoms with Gasteiger partial charge in [-0.1, -0.05) is 53.7 Å². The lowest BCUT2D eigenvalue weighted by molar-refractivity contribution is -0.115. The summed E-state index contributed by atoms with van der Waals surface area (Å²) in [7, 11) is 0. The predicted molar refractivity (Wildman–Crippen MR) is 149 cm³/mol. The van der Waals surface area contributed by atoms with Gasteiger partial charge in [0.15, 0.2) is 5.76 Å². The summed E-state index contributed by atoms with van der Waals surface area (Å²) in [5.41, 5.74) is 5.66. The Labute approximate surface area is 226 Å². The van der Waals surface area contributed by atoms with Crippen molar-refractivity contribution in [2.24, 2.45) is 0 Å². The monoisotopic (exact) mass is 519 g/mol. The van der Waals surface area contributed by atoms with Crippen molar-refractivity contribution in [3.05, 3.63) is 108 Å². The van der Waals surface area contributed by atoms with Crippen LogP contribution >= 0.6 is 0 Å². The van der Waals surface area contributed by atoms with Crippen LogP contribution in [0.25, 0.3) is 17.0 Å². The molecule has 0 saturated carbocycles. The Bertz CT molecular complexity index is 1610. The highest BCUT2D eigenvalue weighted by molar-refractivity contribution is 6.00. The molecule has 196 valence electrons. The average Bonchev–Trinajstić information content (AvgIpc) is 3.57. The maximum Gasteiger partial charge on any atom is 0.259 e. The van der Waals surface area contributed by atoms with Gasteiger partial charge >= 0.3 is 0 Å². The second-order valence-electron chi connectivity index (χ2n) is 9.93. The number of benzene rings is 2. The molecule has 5 aromatic rings. The van der Waals surface area contributed by atoms with Gasteiger partial charge in [-0.05, 0) is 55.5 Å². The minimum Gasteiger partial charge on any atom is -0.355 e. The first kappa shape index (κ1) is 24.6. The quantitative estimate of drug-likeness (QED) is 0.320. The minimum absolute atomic E-state index is 0.0323. The summed E-state index contributed by atoms with van der Waals surface area (Å²) >= 11 is 0. The Kier molecular flexibility index (Phi) is 6.67. The van der Waals surface area contributed by atoms with Crippen LogP contribution in [-0.4, -0.2) is 44.3 Å². The Morgan fingerprint density at radius 2 is 1.72 bits per heavy atom.